The first kappa shape index (κ1) is 16.4. The largest absolute Gasteiger partial charge is 0.300 e. The molecule has 0 aliphatic heterocycles. The molecule has 1 aromatic rings. The number of carbonyl (C=O) groups is 1. The number of hydrogen-bond acceptors (Lipinski definition) is 1. The molecule has 0 radical (unpaired) electrons. The molecule has 1 aromatic carbocycles. The third-order valence-corrected chi connectivity index (χ3v) is 7.36. The number of aryl methyl sites for hydroxylation is 1. The number of rotatable bonds is 6. The van der Waals surface area contributed by atoms with Crippen LogP contribution in [0.4, 0.5) is 0 Å². The topological polar surface area (TPSA) is 17.1 Å². The highest BCUT2D eigenvalue weighted by Crippen LogP contribution is 2.63. The predicted molar refractivity (Wildman–Crippen MR) is 102 cm³/mol. The zero-order valence-electron chi connectivity index (χ0n) is 15.4. The fraction of sp³-hybridized carbons (Fsp3) is 0.682. The summed E-state index contributed by atoms with van der Waals surface area (Å²) in [4.78, 5) is 12.6. The zero-order valence-corrected chi connectivity index (χ0v) is 15.4. The Morgan fingerprint density at radius 2 is 1.79 bits per heavy atom. The van der Waals surface area contributed by atoms with E-state index in [1.165, 1.54) is 49.6 Å². The van der Waals surface area contributed by atoms with Crippen LogP contribution in [0.5, 0.6) is 0 Å². The van der Waals surface area contributed by atoms with Crippen LogP contribution in [0.25, 0.3) is 0 Å². The van der Waals surface area contributed by atoms with E-state index in [0.29, 0.717) is 17.1 Å². The molecule has 0 N–H and O–H groups in total. The van der Waals surface area contributed by atoms with Crippen molar-refractivity contribution in [2.75, 3.05) is 0 Å². The van der Waals surface area contributed by atoms with Crippen molar-refractivity contribution < 1.29 is 4.79 Å². The summed E-state index contributed by atoms with van der Waals surface area (Å²) in [5, 5.41) is 0. The highest BCUT2D eigenvalue weighted by molar-refractivity contribution is 6.32. The normalized spacial score (nSPS) is 35.1. The molecule has 4 aliphatic rings. The van der Waals surface area contributed by atoms with Gasteiger partial charge < -0.3 is 0 Å². The first-order valence-electron chi connectivity index (χ1n) is 10.1. The molecule has 128 valence electrons. The third-order valence-electron chi connectivity index (χ3n) is 7.36. The lowest BCUT2D eigenvalue weighted by Crippen LogP contribution is -2.51. The van der Waals surface area contributed by atoms with Gasteiger partial charge in [0.05, 0.1) is 0 Å². The molecule has 5 rings (SSSR count). The van der Waals surface area contributed by atoms with Gasteiger partial charge in [-0.05, 0) is 93.4 Å². The van der Waals surface area contributed by atoms with Gasteiger partial charge in [0.2, 0.25) is 0 Å². The molecule has 0 spiro atoms. The summed E-state index contributed by atoms with van der Waals surface area (Å²) < 4.78 is 0. The minimum atomic E-state index is 0.329. The average Bonchev–Trinajstić information content (AvgIpc) is 2.49. The first-order chi connectivity index (χ1) is 11.5. The van der Waals surface area contributed by atoms with E-state index in [0.717, 1.165) is 37.0 Å². The average molecular weight is 322 g/mol. The van der Waals surface area contributed by atoms with Crippen molar-refractivity contribution in [2.45, 2.75) is 64.7 Å². The molecule has 2 heteroatoms. The Kier molecular flexibility index (Phi) is 4.35. The molecule has 24 heavy (non-hydrogen) atoms. The Bertz CT molecular complexity index is 585. The molecule has 1 atom stereocenters. The summed E-state index contributed by atoms with van der Waals surface area (Å²) in [6.07, 6.45) is 11.9. The molecule has 0 heterocycles. The summed E-state index contributed by atoms with van der Waals surface area (Å²) >= 11 is 0. The molecule has 0 aromatic heterocycles. The SMILES string of the molecule is Bc1cccc(CCCC(C(C)=O)C23CC4CC(CC(C4)C2)C3)c1. The number of carbonyl (C=O) groups excluding carboxylic acids is 1. The molecule has 4 fully saturated rings. The lowest BCUT2D eigenvalue weighted by molar-refractivity contribution is -0.137. The smallest absolute Gasteiger partial charge is 0.139 e. The van der Waals surface area contributed by atoms with Crippen molar-refractivity contribution in [3.05, 3.63) is 29.8 Å². The molecule has 0 saturated heterocycles. The maximum Gasteiger partial charge on any atom is 0.139 e. The summed E-state index contributed by atoms with van der Waals surface area (Å²) in [6.45, 7) is 1.87. The van der Waals surface area contributed by atoms with E-state index < -0.39 is 0 Å². The number of hydrogen-bond donors (Lipinski definition) is 0. The fourth-order valence-electron chi connectivity index (χ4n) is 6.92. The lowest BCUT2D eigenvalue weighted by atomic mass is 9.45. The predicted octanol–water partition coefficient (Wildman–Crippen LogP) is 3.69. The van der Waals surface area contributed by atoms with Gasteiger partial charge in [0.1, 0.15) is 13.6 Å². The molecule has 1 unspecified atom stereocenters. The number of benzene rings is 1. The van der Waals surface area contributed by atoms with Crippen LogP contribution in [0, 0.1) is 29.1 Å². The van der Waals surface area contributed by atoms with Gasteiger partial charge in [0, 0.05) is 5.92 Å². The van der Waals surface area contributed by atoms with Crippen molar-refractivity contribution in [3.8, 4) is 0 Å². The van der Waals surface area contributed by atoms with Crippen LogP contribution in [-0.4, -0.2) is 13.6 Å². The van der Waals surface area contributed by atoms with E-state index in [2.05, 4.69) is 32.1 Å². The van der Waals surface area contributed by atoms with Gasteiger partial charge in [-0.15, -0.1) is 0 Å². The second-order valence-corrected chi connectivity index (χ2v) is 9.32. The van der Waals surface area contributed by atoms with E-state index in [4.69, 9.17) is 0 Å². The van der Waals surface area contributed by atoms with Crippen LogP contribution in [0.15, 0.2) is 24.3 Å². The Balaban J connectivity index is 1.44. The highest BCUT2D eigenvalue weighted by atomic mass is 16.1. The van der Waals surface area contributed by atoms with Crippen molar-refractivity contribution in [1.82, 2.24) is 0 Å². The molecular weight excluding hydrogens is 291 g/mol. The van der Waals surface area contributed by atoms with Crippen molar-refractivity contribution in [3.63, 3.8) is 0 Å². The molecule has 4 bridgehead atoms. The van der Waals surface area contributed by atoms with Crippen LogP contribution in [-0.2, 0) is 11.2 Å². The Morgan fingerprint density at radius 3 is 2.33 bits per heavy atom. The van der Waals surface area contributed by atoms with Crippen molar-refractivity contribution in [1.29, 1.82) is 0 Å². The monoisotopic (exact) mass is 322 g/mol. The van der Waals surface area contributed by atoms with Crippen LogP contribution < -0.4 is 5.46 Å². The standard InChI is InChI=1S/C22H31BO/c1-15(24)21(7-3-5-16-4-2-6-20(23)11-16)22-12-17-8-18(13-22)10-19(9-17)14-22/h2,4,6,11,17-19,21H,3,5,7-10,12-14,23H2,1H3. The van der Waals surface area contributed by atoms with Crippen LogP contribution in [0.3, 0.4) is 0 Å². The molecule has 4 aliphatic carbocycles. The molecule has 4 saturated carbocycles. The first-order valence-corrected chi connectivity index (χ1v) is 10.1. The second-order valence-electron chi connectivity index (χ2n) is 9.32. The third kappa shape index (κ3) is 3.09. The van der Waals surface area contributed by atoms with E-state index >= 15 is 0 Å². The van der Waals surface area contributed by atoms with Gasteiger partial charge in [0.15, 0.2) is 0 Å². The van der Waals surface area contributed by atoms with E-state index in [-0.39, 0.29) is 0 Å². The lowest BCUT2D eigenvalue weighted by Gasteiger charge is -2.59. The summed E-state index contributed by atoms with van der Waals surface area (Å²) in [5.41, 5.74) is 3.16. The van der Waals surface area contributed by atoms with Crippen molar-refractivity contribution >= 4 is 19.1 Å². The van der Waals surface area contributed by atoms with Gasteiger partial charge >= 0.3 is 0 Å². The quantitative estimate of drug-likeness (QED) is 0.730. The maximum absolute atomic E-state index is 12.6. The summed E-state index contributed by atoms with van der Waals surface area (Å²) in [5.74, 6) is 3.62. The summed E-state index contributed by atoms with van der Waals surface area (Å²) in [6, 6.07) is 8.86. The molecule has 1 nitrogen and oxygen atoms in total. The number of ketones is 1. The minimum absolute atomic E-state index is 0.329. The van der Waals surface area contributed by atoms with Crippen LogP contribution >= 0.6 is 0 Å². The van der Waals surface area contributed by atoms with Crippen molar-refractivity contribution in [2.24, 2.45) is 29.1 Å². The number of Topliss-reactive ketones (excluding diaryl/α,β-unsaturated/α-hetero) is 1. The minimum Gasteiger partial charge on any atom is -0.300 e. The van der Waals surface area contributed by atoms with Gasteiger partial charge in [-0.3, -0.25) is 4.79 Å². The van der Waals surface area contributed by atoms with Gasteiger partial charge in [-0.25, -0.2) is 0 Å². The van der Waals surface area contributed by atoms with Gasteiger partial charge in [0.25, 0.3) is 0 Å². The van der Waals surface area contributed by atoms with E-state index in [9.17, 15) is 4.79 Å². The molecule has 0 amide bonds. The van der Waals surface area contributed by atoms with E-state index in [1.54, 1.807) is 0 Å². The maximum atomic E-state index is 12.6. The zero-order chi connectivity index (χ0) is 16.7. The Hall–Kier alpha value is -1.05. The van der Waals surface area contributed by atoms with Gasteiger partial charge in [-0.2, -0.15) is 0 Å². The van der Waals surface area contributed by atoms with E-state index in [1.807, 2.05) is 6.92 Å². The fourth-order valence-corrected chi connectivity index (χ4v) is 6.92. The second kappa shape index (κ2) is 6.35. The van der Waals surface area contributed by atoms with Gasteiger partial charge in [-0.1, -0.05) is 29.7 Å². The molecular formula is C22H31BO. The Labute approximate surface area is 148 Å². The highest BCUT2D eigenvalue weighted by Gasteiger charge is 2.54. The van der Waals surface area contributed by atoms with Crippen LogP contribution in [0.2, 0.25) is 0 Å². The Morgan fingerprint density at radius 1 is 1.17 bits per heavy atom. The van der Waals surface area contributed by atoms with Crippen LogP contribution in [0.1, 0.15) is 63.9 Å². The summed E-state index contributed by atoms with van der Waals surface area (Å²) in [7, 11) is 2.16.